The van der Waals surface area contributed by atoms with Crippen LogP contribution in [0.5, 0.6) is 0 Å². The topological polar surface area (TPSA) is 50.9 Å². The average Bonchev–Trinajstić information content (AvgIpc) is 3.17. The van der Waals surface area contributed by atoms with Gasteiger partial charge in [-0.1, -0.05) is 30.3 Å². The third-order valence-corrected chi connectivity index (χ3v) is 5.82. The van der Waals surface area contributed by atoms with Crippen molar-refractivity contribution in [2.75, 3.05) is 11.5 Å². The summed E-state index contributed by atoms with van der Waals surface area (Å²) < 4.78 is 0. The molecule has 2 unspecified atom stereocenters. The molecule has 0 spiro atoms. The SMILES string of the molecule is NNC(Cc1nc(-c2ccccc2)cs1)C1CCSC1. The second kappa shape index (κ2) is 6.72. The summed E-state index contributed by atoms with van der Waals surface area (Å²) in [6, 6.07) is 10.7. The number of benzene rings is 1. The quantitative estimate of drug-likeness (QED) is 0.659. The molecule has 1 fully saturated rings. The van der Waals surface area contributed by atoms with Crippen LogP contribution in [0.2, 0.25) is 0 Å². The number of nitrogens with zero attached hydrogens (tertiary/aromatic N) is 1. The van der Waals surface area contributed by atoms with E-state index in [0.29, 0.717) is 12.0 Å². The molecule has 1 saturated heterocycles. The van der Waals surface area contributed by atoms with E-state index in [4.69, 9.17) is 10.8 Å². The van der Waals surface area contributed by atoms with Crippen molar-refractivity contribution in [1.29, 1.82) is 0 Å². The van der Waals surface area contributed by atoms with Crippen LogP contribution in [0.25, 0.3) is 11.3 Å². The lowest BCUT2D eigenvalue weighted by molar-refractivity contribution is 0.386. The minimum Gasteiger partial charge on any atom is -0.271 e. The lowest BCUT2D eigenvalue weighted by atomic mass is 9.97. The third kappa shape index (κ3) is 3.23. The standard InChI is InChI=1S/C15H19N3S2/c16-18-13(12-6-7-19-9-12)8-15-17-14(10-20-15)11-4-2-1-3-5-11/h1-5,10,12-13,18H,6-9,16H2. The number of thioether (sulfide) groups is 1. The van der Waals surface area contributed by atoms with Crippen LogP contribution in [0.4, 0.5) is 0 Å². The van der Waals surface area contributed by atoms with Crippen LogP contribution >= 0.6 is 23.1 Å². The van der Waals surface area contributed by atoms with Crippen LogP contribution in [0, 0.1) is 5.92 Å². The molecule has 106 valence electrons. The average molecular weight is 305 g/mol. The fourth-order valence-corrected chi connectivity index (χ4v) is 4.77. The van der Waals surface area contributed by atoms with Gasteiger partial charge >= 0.3 is 0 Å². The maximum absolute atomic E-state index is 5.74. The van der Waals surface area contributed by atoms with Crippen molar-refractivity contribution in [3.63, 3.8) is 0 Å². The van der Waals surface area contributed by atoms with Gasteiger partial charge in [0.05, 0.1) is 10.7 Å². The number of nitrogens with two attached hydrogens (primary N) is 1. The third-order valence-electron chi connectivity index (χ3n) is 3.76. The molecule has 3 nitrogen and oxygen atoms in total. The van der Waals surface area contributed by atoms with Gasteiger partial charge in [-0.25, -0.2) is 4.98 Å². The van der Waals surface area contributed by atoms with Crippen molar-refractivity contribution >= 4 is 23.1 Å². The van der Waals surface area contributed by atoms with Crippen LogP contribution in [-0.4, -0.2) is 22.5 Å². The molecule has 3 rings (SSSR count). The van der Waals surface area contributed by atoms with Gasteiger partial charge in [0, 0.05) is 23.4 Å². The Labute approximate surface area is 128 Å². The smallest absolute Gasteiger partial charge is 0.0948 e. The Hall–Kier alpha value is -0.880. The number of aromatic nitrogens is 1. The predicted octanol–water partition coefficient (Wildman–Crippen LogP) is 2.94. The van der Waals surface area contributed by atoms with Crippen LogP contribution in [0.3, 0.4) is 0 Å². The van der Waals surface area contributed by atoms with Gasteiger partial charge in [0.25, 0.3) is 0 Å². The van der Waals surface area contributed by atoms with E-state index in [0.717, 1.165) is 12.1 Å². The number of hydrogen-bond donors (Lipinski definition) is 2. The fourth-order valence-electron chi connectivity index (χ4n) is 2.57. The van der Waals surface area contributed by atoms with Crippen molar-refractivity contribution in [3.05, 3.63) is 40.7 Å². The van der Waals surface area contributed by atoms with Gasteiger partial charge in [0.15, 0.2) is 0 Å². The van der Waals surface area contributed by atoms with Crippen LogP contribution in [0.15, 0.2) is 35.7 Å². The van der Waals surface area contributed by atoms with E-state index < -0.39 is 0 Å². The number of rotatable bonds is 5. The minimum atomic E-state index is 0.347. The van der Waals surface area contributed by atoms with E-state index in [2.05, 4.69) is 22.9 Å². The molecule has 0 bridgehead atoms. The number of nitrogens with one attached hydrogen (secondary N) is 1. The first-order chi connectivity index (χ1) is 9.86. The van der Waals surface area contributed by atoms with Crippen molar-refractivity contribution < 1.29 is 0 Å². The highest BCUT2D eigenvalue weighted by atomic mass is 32.2. The molecule has 5 heteroatoms. The van der Waals surface area contributed by atoms with Crippen LogP contribution in [0.1, 0.15) is 11.4 Å². The van der Waals surface area contributed by atoms with E-state index in [1.165, 1.54) is 28.5 Å². The second-order valence-corrected chi connectivity index (χ2v) is 7.19. The van der Waals surface area contributed by atoms with E-state index in [1.54, 1.807) is 11.3 Å². The van der Waals surface area contributed by atoms with Gasteiger partial charge < -0.3 is 0 Å². The van der Waals surface area contributed by atoms with E-state index in [-0.39, 0.29) is 0 Å². The summed E-state index contributed by atoms with van der Waals surface area (Å²) in [5.74, 6) is 8.88. The molecule has 0 saturated carbocycles. The minimum absolute atomic E-state index is 0.347. The summed E-state index contributed by atoms with van der Waals surface area (Å²) in [6.45, 7) is 0. The second-order valence-electron chi connectivity index (χ2n) is 5.09. The number of thiazole rings is 1. The van der Waals surface area contributed by atoms with E-state index >= 15 is 0 Å². The lowest BCUT2D eigenvalue weighted by Crippen LogP contribution is -2.42. The van der Waals surface area contributed by atoms with Crippen molar-refractivity contribution in [3.8, 4) is 11.3 Å². The van der Waals surface area contributed by atoms with E-state index in [1.807, 2.05) is 30.0 Å². The summed E-state index contributed by atoms with van der Waals surface area (Å²) in [7, 11) is 0. The Bertz CT molecular complexity index is 535. The summed E-state index contributed by atoms with van der Waals surface area (Å²) in [5, 5.41) is 3.31. The zero-order valence-corrected chi connectivity index (χ0v) is 12.9. The molecule has 3 N–H and O–H groups in total. The van der Waals surface area contributed by atoms with Gasteiger partial charge in [-0.3, -0.25) is 11.3 Å². The summed E-state index contributed by atoms with van der Waals surface area (Å²) >= 11 is 3.76. The van der Waals surface area contributed by atoms with Crippen LogP contribution in [-0.2, 0) is 6.42 Å². The summed E-state index contributed by atoms with van der Waals surface area (Å²) in [6.07, 6.45) is 2.19. The Balaban J connectivity index is 1.70. The molecule has 1 aliphatic heterocycles. The highest BCUT2D eigenvalue weighted by molar-refractivity contribution is 7.99. The zero-order chi connectivity index (χ0) is 13.8. The molecule has 0 aliphatic carbocycles. The maximum Gasteiger partial charge on any atom is 0.0948 e. The largest absolute Gasteiger partial charge is 0.271 e. The molecule has 2 aromatic rings. The molecule has 2 heterocycles. The molecule has 1 aromatic carbocycles. The number of hydrazine groups is 1. The molecule has 1 aliphatic rings. The Morgan fingerprint density at radius 1 is 1.35 bits per heavy atom. The first kappa shape index (κ1) is 14.1. The Morgan fingerprint density at radius 3 is 2.90 bits per heavy atom. The zero-order valence-electron chi connectivity index (χ0n) is 11.3. The summed E-state index contributed by atoms with van der Waals surface area (Å²) in [4.78, 5) is 4.76. The van der Waals surface area contributed by atoms with Gasteiger partial charge in [-0.2, -0.15) is 11.8 Å². The van der Waals surface area contributed by atoms with Crippen LogP contribution < -0.4 is 11.3 Å². The highest BCUT2D eigenvalue weighted by Gasteiger charge is 2.25. The van der Waals surface area contributed by atoms with Gasteiger partial charge in [-0.15, -0.1) is 11.3 Å². The maximum atomic E-state index is 5.74. The van der Waals surface area contributed by atoms with Crippen molar-refractivity contribution in [2.45, 2.75) is 18.9 Å². The van der Waals surface area contributed by atoms with Crippen molar-refractivity contribution in [2.24, 2.45) is 11.8 Å². The molecule has 0 amide bonds. The molecular formula is C15H19N3S2. The number of hydrogen-bond acceptors (Lipinski definition) is 5. The molecule has 0 radical (unpaired) electrons. The normalized spacial score (nSPS) is 20.1. The lowest BCUT2D eigenvalue weighted by Gasteiger charge is -2.20. The fraction of sp³-hybridized carbons (Fsp3) is 0.400. The monoisotopic (exact) mass is 305 g/mol. The van der Waals surface area contributed by atoms with Gasteiger partial charge in [-0.05, 0) is 23.8 Å². The van der Waals surface area contributed by atoms with Crippen molar-refractivity contribution in [1.82, 2.24) is 10.4 Å². The summed E-state index contributed by atoms with van der Waals surface area (Å²) in [5.41, 5.74) is 5.25. The first-order valence-corrected chi connectivity index (χ1v) is 8.94. The van der Waals surface area contributed by atoms with Gasteiger partial charge in [0.1, 0.15) is 0 Å². The molecule has 1 aromatic heterocycles. The molecular weight excluding hydrogens is 286 g/mol. The first-order valence-electron chi connectivity index (χ1n) is 6.90. The van der Waals surface area contributed by atoms with Gasteiger partial charge in [0.2, 0.25) is 0 Å². The predicted molar refractivity (Wildman–Crippen MR) is 87.8 cm³/mol. The highest BCUT2D eigenvalue weighted by Crippen LogP contribution is 2.29. The molecule has 2 atom stereocenters. The Morgan fingerprint density at radius 2 is 2.20 bits per heavy atom. The molecule has 20 heavy (non-hydrogen) atoms. The Kier molecular flexibility index (Phi) is 4.73. The van der Waals surface area contributed by atoms with E-state index in [9.17, 15) is 0 Å².